The maximum Gasteiger partial charge on any atom is 0.433 e. The maximum atomic E-state index is 16.9. The first-order valence-electron chi connectivity index (χ1n) is 12.8. The summed E-state index contributed by atoms with van der Waals surface area (Å²) in [7, 11) is 0. The van der Waals surface area contributed by atoms with E-state index in [1.807, 2.05) is 0 Å². The summed E-state index contributed by atoms with van der Waals surface area (Å²) < 4.78 is 127. The summed E-state index contributed by atoms with van der Waals surface area (Å²) in [5, 5.41) is 59.3. The van der Waals surface area contributed by atoms with E-state index in [0.29, 0.717) is 12.1 Å². The van der Waals surface area contributed by atoms with Gasteiger partial charge >= 0.3 is 12.4 Å². The van der Waals surface area contributed by atoms with Gasteiger partial charge in [-0.3, -0.25) is 0 Å². The standard InChI is InChI=1S/C32H5F9N8/c33-22-3-12(1-20(48-22)31(36,37)38)24-18(10-46)16-5-17-26(14(6-42)7-43)25(13-2-21(32(39,40)41)49-23(34)4-13)19(11-47)28(17)30(35)29(16)27(24)15(8-44)9-45/h1-5H. The largest absolute Gasteiger partial charge is 0.433 e. The van der Waals surface area contributed by atoms with Crippen molar-refractivity contribution in [1.82, 2.24) is 9.97 Å². The Morgan fingerprint density at radius 1 is 0.531 bits per heavy atom. The zero-order valence-corrected chi connectivity index (χ0v) is 23.4. The number of hydrogen-bond acceptors (Lipinski definition) is 8. The highest BCUT2D eigenvalue weighted by molar-refractivity contribution is 6.30. The molecule has 0 spiro atoms. The van der Waals surface area contributed by atoms with Crippen LogP contribution in [-0.4, -0.2) is 9.97 Å². The van der Waals surface area contributed by atoms with Crippen molar-refractivity contribution in [1.29, 1.82) is 31.6 Å². The fourth-order valence-electron chi connectivity index (χ4n) is 5.46. The van der Waals surface area contributed by atoms with Gasteiger partial charge in [0.1, 0.15) is 64.8 Å². The Balaban J connectivity index is 1.98. The van der Waals surface area contributed by atoms with Gasteiger partial charge in [0.15, 0.2) is 0 Å². The van der Waals surface area contributed by atoms with Crippen LogP contribution in [0.3, 0.4) is 0 Å². The number of alkyl halides is 6. The molecule has 0 bridgehead atoms. The molecule has 2 aromatic heterocycles. The molecule has 0 N–H and O–H groups in total. The quantitative estimate of drug-likeness (QED) is 0.154. The Kier molecular flexibility index (Phi) is 7.81. The fraction of sp³-hybridized carbons (Fsp3) is 0.0625. The van der Waals surface area contributed by atoms with Crippen molar-refractivity contribution < 1.29 is 39.5 Å². The van der Waals surface area contributed by atoms with Gasteiger partial charge in [-0.15, -0.1) is 0 Å². The van der Waals surface area contributed by atoms with Crippen molar-refractivity contribution in [2.75, 3.05) is 0 Å². The van der Waals surface area contributed by atoms with Crippen molar-refractivity contribution >= 4 is 33.4 Å². The van der Waals surface area contributed by atoms with E-state index < -0.39 is 119 Å². The maximum absolute atomic E-state index is 16.9. The lowest BCUT2D eigenvalue weighted by Crippen LogP contribution is -2.10. The predicted molar refractivity (Wildman–Crippen MR) is 146 cm³/mol. The van der Waals surface area contributed by atoms with Crippen molar-refractivity contribution in [2.24, 2.45) is 0 Å². The predicted octanol–water partition coefficient (Wildman–Crippen LogP) is 7.43. The van der Waals surface area contributed by atoms with Gasteiger partial charge in [0.25, 0.3) is 0 Å². The van der Waals surface area contributed by atoms with Gasteiger partial charge in [-0.2, -0.15) is 66.7 Å². The molecule has 3 aromatic rings. The molecule has 0 radical (unpaired) electrons. The summed E-state index contributed by atoms with van der Waals surface area (Å²) in [6.07, 6.45) is -10.5. The van der Waals surface area contributed by atoms with E-state index in [-0.39, 0.29) is 12.1 Å². The Morgan fingerprint density at radius 3 is 1.37 bits per heavy atom. The number of hydrogen-bond donors (Lipinski definition) is 0. The second kappa shape index (κ2) is 11.5. The highest BCUT2D eigenvalue weighted by atomic mass is 19.4. The van der Waals surface area contributed by atoms with Crippen LogP contribution in [0, 0.1) is 85.7 Å². The number of pyridine rings is 2. The normalized spacial score (nSPS) is 13.4. The van der Waals surface area contributed by atoms with Crippen LogP contribution in [0.1, 0.15) is 44.8 Å². The second-order valence-corrected chi connectivity index (χ2v) is 9.83. The lowest BCUT2D eigenvalue weighted by atomic mass is 9.89. The van der Waals surface area contributed by atoms with Gasteiger partial charge in [-0.25, -0.2) is 14.4 Å². The molecule has 0 atom stereocenters. The summed E-state index contributed by atoms with van der Waals surface area (Å²) in [5.41, 5.74) is -14.5. The molecular weight excluding hydrogens is 667 g/mol. The summed E-state index contributed by atoms with van der Waals surface area (Å²) in [5.74, 6) is -5.02. The fourth-order valence-corrected chi connectivity index (χ4v) is 5.46. The molecule has 0 saturated carbocycles. The van der Waals surface area contributed by atoms with E-state index >= 15 is 4.39 Å². The third-order valence-corrected chi connectivity index (χ3v) is 7.22. The van der Waals surface area contributed by atoms with Crippen LogP contribution < -0.4 is 0 Å². The molecule has 2 heterocycles. The molecule has 8 nitrogen and oxygen atoms in total. The first kappa shape index (κ1) is 33.2. The lowest BCUT2D eigenvalue weighted by Gasteiger charge is -2.13. The summed E-state index contributed by atoms with van der Waals surface area (Å²) >= 11 is 0. The monoisotopic (exact) mass is 672 g/mol. The van der Waals surface area contributed by atoms with E-state index in [9.17, 15) is 66.7 Å². The molecule has 0 saturated heterocycles. The molecule has 49 heavy (non-hydrogen) atoms. The number of aromatic nitrogens is 2. The number of fused-ring (bicyclic) bond motifs is 2. The van der Waals surface area contributed by atoms with E-state index in [2.05, 4.69) is 9.97 Å². The molecule has 5 rings (SSSR count). The highest BCUT2D eigenvalue weighted by Gasteiger charge is 2.43. The molecule has 236 valence electrons. The first-order chi connectivity index (χ1) is 23.1. The van der Waals surface area contributed by atoms with Crippen LogP contribution in [0.5, 0.6) is 0 Å². The summed E-state index contributed by atoms with van der Waals surface area (Å²) in [6.45, 7) is 0. The Labute approximate surface area is 267 Å². The number of nitriles is 6. The molecule has 2 aliphatic rings. The number of halogens is 9. The van der Waals surface area contributed by atoms with Crippen LogP contribution in [-0.2, 0) is 12.4 Å². The topological polar surface area (TPSA) is 169 Å². The average molecular weight is 672 g/mol. The van der Waals surface area contributed by atoms with E-state index in [0.717, 1.165) is 6.07 Å². The lowest BCUT2D eigenvalue weighted by molar-refractivity contribution is -0.142. The van der Waals surface area contributed by atoms with Crippen molar-refractivity contribution in [3.8, 4) is 36.4 Å². The van der Waals surface area contributed by atoms with E-state index in [1.165, 1.54) is 30.3 Å². The van der Waals surface area contributed by atoms with Gasteiger partial charge in [-0.05, 0) is 34.9 Å². The smallest absolute Gasteiger partial charge is 0.215 e. The number of allylic oxidation sites excluding steroid dienone is 8. The Bertz CT molecular complexity index is 2420. The van der Waals surface area contributed by atoms with Gasteiger partial charge in [0, 0.05) is 51.1 Å². The number of rotatable bonds is 2. The van der Waals surface area contributed by atoms with E-state index in [4.69, 9.17) is 0 Å². The van der Waals surface area contributed by atoms with Crippen molar-refractivity contribution in [3.63, 3.8) is 0 Å². The third kappa shape index (κ3) is 5.19. The molecule has 0 unspecified atom stereocenters. The molecule has 1 aromatic carbocycles. The average Bonchev–Trinajstić information content (AvgIpc) is 3.54. The molecule has 17 heteroatoms. The van der Waals surface area contributed by atoms with Crippen LogP contribution >= 0.6 is 0 Å². The minimum absolute atomic E-state index is 0.267. The zero-order valence-electron chi connectivity index (χ0n) is 23.4. The SMILES string of the molecule is N#CC(C#N)=C1C(c2cc(F)nc(C(F)(F)F)c2)=C(C#N)c2c1cc1c(c2F)C(=C(C#N)C#N)C(c2cc(F)nc(C(F)(F)F)c2)=C1C#N. The van der Waals surface area contributed by atoms with Crippen LogP contribution in [0.4, 0.5) is 39.5 Å². The van der Waals surface area contributed by atoms with Crippen LogP contribution in [0.15, 0.2) is 41.5 Å². The molecule has 0 amide bonds. The number of benzene rings is 1. The molecular formula is C32H5F9N8. The van der Waals surface area contributed by atoms with Crippen molar-refractivity contribution in [3.05, 3.63) is 104 Å². The third-order valence-electron chi connectivity index (χ3n) is 7.22. The van der Waals surface area contributed by atoms with Gasteiger partial charge < -0.3 is 0 Å². The van der Waals surface area contributed by atoms with Crippen molar-refractivity contribution in [2.45, 2.75) is 12.4 Å². The first-order valence-corrected chi connectivity index (χ1v) is 12.8. The minimum atomic E-state index is -5.24. The highest BCUT2D eigenvalue weighted by Crippen LogP contribution is 2.56. The Morgan fingerprint density at radius 2 is 0.959 bits per heavy atom. The second-order valence-electron chi connectivity index (χ2n) is 9.83. The zero-order chi connectivity index (χ0) is 36.2. The van der Waals surface area contributed by atoms with E-state index in [1.54, 1.807) is 6.07 Å². The number of nitrogens with zero attached hydrogens (tertiary/aromatic N) is 8. The minimum Gasteiger partial charge on any atom is -0.215 e. The Hall–Kier alpha value is -7.21. The molecule has 0 fully saturated rings. The molecule has 2 aliphatic carbocycles. The van der Waals surface area contributed by atoms with Crippen LogP contribution in [0.2, 0.25) is 0 Å². The molecule has 0 aliphatic heterocycles. The van der Waals surface area contributed by atoms with Gasteiger partial charge in [0.2, 0.25) is 11.9 Å². The van der Waals surface area contributed by atoms with Gasteiger partial charge in [0.05, 0.1) is 11.1 Å². The van der Waals surface area contributed by atoms with Crippen LogP contribution in [0.25, 0.3) is 33.4 Å². The van der Waals surface area contributed by atoms with Gasteiger partial charge in [-0.1, -0.05) is 0 Å². The summed E-state index contributed by atoms with van der Waals surface area (Å²) in [4.78, 5) is 5.52. The summed E-state index contributed by atoms with van der Waals surface area (Å²) in [6, 6.07) is 11.1.